The van der Waals surface area contributed by atoms with Gasteiger partial charge in [-0.15, -0.1) is 0 Å². The van der Waals surface area contributed by atoms with Gasteiger partial charge in [-0.25, -0.2) is 9.78 Å². The van der Waals surface area contributed by atoms with Gasteiger partial charge in [-0.2, -0.15) is 0 Å². The summed E-state index contributed by atoms with van der Waals surface area (Å²) in [5, 5.41) is 9.92. The van der Waals surface area contributed by atoms with Gasteiger partial charge in [0.05, 0.1) is 13.8 Å². The van der Waals surface area contributed by atoms with Crippen molar-refractivity contribution in [1.82, 2.24) is 18.7 Å². The normalized spacial score (nSPS) is 24.8. The Morgan fingerprint density at radius 1 is 1.50 bits per heavy atom. The minimum Gasteiger partial charge on any atom is -0.393 e. The molecule has 0 saturated heterocycles. The van der Waals surface area contributed by atoms with Crippen LogP contribution in [0, 0.1) is 0 Å². The molecular weight excluding hydrogens is 260 g/mol. The van der Waals surface area contributed by atoms with E-state index in [1.807, 2.05) is 0 Å². The quantitative estimate of drug-likeness (QED) is 0.839. The summed E-state index contributed by atoms with van der Waals surface area (Å²) in [4.78, 5) is 29.2. The van der Waals surface area contributed by atoms with Crippen LogP contribution in [0.2, 0.25) is 0 Å². The number of hydrogen-bond acceptors (Lipinski definition) is 4. The van der Waals surface area contributed by atoms with Crippen LogP contribution in [0.4, 0.5) is 0 Å². The zero-order chi connectivity index (χ0) is 23.7. The van der Waals surface area contributed by atoms with Crippen molar-refractivity contribution in [2.24, 2.45) is 14.1 Å². The average Bonchev–Trinajstić information content (AvgIpc) is 2.97. The molecule has 0 fully saturated rings. The summed E-state index contributed by atoms with van der Waals surface area (Å²) in [7, 11) is 2.68. The molecule has 0 aliphatic heterocycles. The van der Waals surface area contributed by atoms with Crippen molar-refractivity contribution >= 4 is 11.2 Å². The second-order valence-electron chi connectivity index (χ2n) is 4.04. The molecular formula is C13H20N4O3. The summed E-state index contributed by atoms with van der Waals surface area (Å²) in [6.45, 7) is -5.04. The molecule has 0 amide bonds. The van der Waals surface area contributed by atoms with Gasteiger partial charge in [0.15, 0.2) is 11.2 Å². The van der Waals surface area contributed by atoms with E-state index in [4.69, 9.17) is 13.7 Å². The minimum absolute atomic E-state index is 0.00872. The molecule has 1 N–H and O–H groups in total. The van der Waals surface area contributed by atoms with Crippen LogP contribution >= 0.6 is 0 Å². The highest BCUT2D eigenvalue weighted by Crippen LogP contribution is 2.04. The monoisotopic (exact) mass is 290 g/mol. The van der Waals surface area contributed by atoms with Crippen LogP contribution in [0.5, 0.6) is 0 Å². The van der Waals surface area contributed by atoms with Gasteiger partial charge in [-0.3, -0.25) is 13.9 Å². The fourth-order valence-corrected chi connectivity index (χ4v) is 1.76. The van der Waals surface area contributed by atoms with E-state index in [9.17, 15) is 14.7 Å². The second-order valence-corrected chi connectivity index (χ2v) is 4.04. The smallest absolute Gasteiger partial charge is 0.332 e. The van der Waals surface area contributed by atoms with Crippen molar-refractivity contribution < 1.29 is 18.8 Å². The van der Waals surface area contributed by atoms with Gasteiger partial charge in [0.25, 0.3) is 5.56 Å². The Morgan fingerprint density at radius 2 is 2.25 bits per heavy atom. The van der Waals surface area contributed by atoms with E-state index in [-0.39, 0.29) is 11.2 Å². The summed E-state index contributed by atoms with van der Waals surface area (Å²) >= 11 is 0. The van der Waals surface area contributed by atoms with Crippen LogP contribution in [-0.4, -0.2) is 29.9 Å². The molecule has 0 spiro atoms. The van der Waals surface area contributed by atoms with Crippen molar-refractivity contribution in [3.05, 3.63) is 27.2 Å². The highest BCUT2D eigenvalue weighted by molar-refractivity contribution is 5.69. The first-order valence-electron chi connectivity index (χ1n) is 10.6. The molecule has 7 heteroatoms. The molecule has 0 saturated carbocycles. The molecule has 0 aliphatic carbocycles. The lowest BCUT2D eigenvalue weighted by Gasteiger charge is -2.09. The number of aryl methyl sites for hydroxylation is 2. The van der Waals surface area contributed by atoms with Gasteiger partial charge in [0.1, 0.15) is 0 Å². The van der Waals surface area contributed by atoms with Crippen molar-refractivity contribution in [3.63, 3.8) is 0 Å². The number of hydrogen-bond donors (Lipinski definition) is 1. The van der Waals surface area contributed by atoms with Crippen LogP contribution in [0.3, 0.4) is 0 Å². The highest BCUT2D eigenvalue weighted by atomic mass is 16.3. The van der Waals surface area contributed by atoms with Crippen molar-refractivity contribution in [2.45, 2.75) is 38.6 Å². The lowest BCUT2D eigenvalue weighted by molar-refractivity contribution is 0.180. The third-order valence-corrected chi connectivity index (χ3v) is 2.71. The number of rotatable bonds is 5. The Labute approximate surface area is 130 Å². The van der Waals surface area contributed by atoms with Gasteiger partial charge in [-0.1, -0.05) is 0 Å². The van der Waals surface area contributed by atoms with E-state index < -0.39 is 49.8 Å². The largest absolute Gasteiger partial charge is 0.393 e. The van der Waals surface area contributed by atoms with Gasteiger partial charge >= 0.3 is 5.69 Å². The molecule has 0 bridgehead atoms. The molecule has 0 radical (unpaired) electrons. The predicted octanol–water partition coefficient (Wildman–Crippen LogP) is -0.0152. The van der Waals surface area contributed by atoms with Gasteiger partial charge in [0, 0.05) is 33.0 Å². The molecule has 110 valence electrons. The number of aliphatic hydroxyl groups is 1. The van der Waals surface area contributed by atoms with E-state index in [0.717, 1.165) is 4.57 Å². The number of imidazole rings is 1. The first-order valence-corrected chi connectivity index (χ1v) is 5.55. The molecule has 2 aromatic rings. The first kappa shape index (κ1) is 6.26. The summed E-state index contributed by atoms with van der Waals surface area (Å²) in [6, 6.07) is 0. The van der Waals surface area contributed by atoms with Crippen LogP contribution in [-0.2, 0) is 20.6 Å². The summed E-state index contributed by atoms with van der Waals surface area (Å²) in [5.41, 5.74) is -2.20. The summed E-state index contributed by atoms with van der Waals surface area (Å²) < 4.78 is 78.9. The van der Waals surface area contributed by atoms with E-state index in [2.05, 4.69) is 4.98 Å². The molecule has 1 unspecified atom stereocenters. The molecule has 0 aliphatic rings. The van der Waals surface area contributed by atoms with E-state index in [1.165, 1.54) is 25.0 Å². The molecule has 0 aromatic carbocycles. The van der Waals surface area contributed by atoms with Crippen molar-refractivity contribution in [3.8, 4) is 0 Å². The molecule has 7 nitrogen and oxygen atoms in total. The maximum atomic E-state index is 12.7. The number of nitrogens with zero attached hydrogens (tertiary/aromatic N) is 4. The SMILES string of the molecule is [2H]C([2H])([2H])C([2H])(O)C([2H])([2H])C([2H])([2H])C([2H])([2H])Cn1c(=O)c2c(ncn2C)n(C)c1=O. The zero-order valence-corrected chi connectivity index (χ0v) is 10.8. The minimum atomic E-state index is -4.03. The Bertz CT molecular complexity index is 1100. The molecule has 2 rings (SSSR count). The standard InChI is InChI=1S/C13H20N4O3/c1-9(18)6-4-5-7-17-12(19)10-11(14-8-15(10)2)16(3)13(17)20/h8-9,18H,4-7H2,1-3H3/i1D3,4D2,5D2,6D2,9D. The van der Waals surface area contributed by atoms with Crippen LogP contribution in [0.15, 0.2) is 15.9 Å². The zero-order valence-electron chi connectivity index (χ0n) is 20.8. The van der Waals surface area contributed by atoms with E-state index >= 15 is 0 Å². The number of fused-ring (bicyclic) bond motifs is 1. The molecule has 2 aromatic heterocycles. The lowest BCUT2D eigenvalue weighted by Crippen LogP contribution is -2.39. The van der Waals surface area contributed by atoms with E-state index in [0.29, 0.717) is 4.57 Å². The van der Waals surface area contributed by atoms with Crippen LogP contribution in [0.1, 0.15) is 39.7 Å². The van der Waals surface area contributed by atoms with Gasteiger partial charge in [0.2, 0.25) is 0 Å². The Hall–Kier alpha value is -1.89. The Kier molecular flexibility index (Phi) is 1.76. The van der Waals surface area contributed by atoms with Crippen molar-refractivity contribution in [2.75, 3.05) is 0 Å². The number of aromatic nitrogens is 4. The predicted molar refractivity (Wildman–Crippen MR) is 75.7 cm³/mol. The summed E-state index contributed by atoms with van der Waals surface area (Å²) in [6.07, 6.45) is -14.0. The maximum Gasteiger partial charge on any atom is 0.332 e. The van der Waals surface area contributed by atoms with Gasteiger partial charge in [-0.05, 0) is 26.0 Å². The van der Waals surface area contributed by atoms with Crippen LogP contribution < -0.4 is 11.2 Å². The lowest BCUT2D eigenvalue weighted by atomic mass is 10.2. The van der Waals surface area contributed by atoms with Gasteiger partial charge < -0.3 is 9.67 Å². The Morgan fingerprint density at radius 3 is 2.95 bits per heavy atom. The second kappa shape index (κ2) is 5.62. The maximum absolute atomic E-state index is 12.7. The molecule has 20 heavy (non-hydrogen) atoms. The third kappa shape index (κ3) is 2.53. The fourth-order valence-electron chi connectivity index (χ4n) is 1.76. The molecule has 2 heterocycles. The Balaban J connectivity index is 2.67. The fraction of sp³-hybridized carbons (Fsp3) is 0.615. The topological polar surface area (TPSA) is 82.1 Å². The van der Waals surface area contributed by atoms with Crippen molar-refractivity contribution in [1.29, 1.82) is 0 Å². The first-order chi connectivity index (χ1) is 13.2. The average molecular weight is 290 g/mol. The molecule has 1 atom stereocenters. The van der Waals surface area contributed by atoms with E-state index in [1.54, 1.807) is 0 Å². The van der Waals surface area contributed by atoms with Crippen LogP contribution in [0.25, 0.3) is 11.2 Å². The highest BCUT2D eigenvalue weighted by Gasteiger charge is 2.14. The third-order valence-electron chi connectivity index (χ3n) is 2.71. The summed E-state index contributed by atoms with van der Waals surface area (Å²) in [5.74, 6) is 0.